The molecule has 7 rings (SSSR count). The van der Waals surface area contributed by atoms with E-state index in [1.165, 1.54) is 22.8 Å². The van der Waals surface area contributed by atoms with Crippen molar-refractivity contribution in [2.45, 2.75) is 58.7 Å². The summed E-state index contributed by atoms with van der Waals surface area (Å²) in [5.74, 6) is -1.50. The van der Waals surface area contributed by atoms with E-state index in [1.54, 1.807) is 40.2 Å². The minimum absolute atomic E-state index is 0.0144. The Hall–Kier alpha value is -5.33. The first-order valence-corrected chi connectivity index (χ1v) is 15.6. The number of hydrogen-bond donors (Lipinski definition) is 0. The smallest absolute Gasteiger partial charge is 0.349 e. The normalized spacial score (nSPS) is 17.6. The Balaban J connectivity index is 1.59. The van der Waals surface area contributed by atoms with Crippen molar-refractivity contribution >= 4 is 22.8 Å². The molecule has 240 valence electrons. The first-order valence-electron chi connectivity index (χ1n) is 15.6. The monoisotopic (exact) mass is 637 g/mol. The lowest BCUT2D eigenvalue weighted by atomic mass is 9.98. The SMILES string of the molecule is C=CC(=O)N1C[C@H](C)N(c2nc(=O)n3c4nc(c(F)cc24)-c2c(F)cccc2CCn2nncc2-c2ccnc(C(C)C)c2-3)C[C@H]1C. The van der Waals surface area contributed by atoms with Gasteiger partial charge < -0.3 is 9.80 Å². The van der Waals surface area contributed by atoms with Crippen LogP contribution in [0.4, 0.5) is 14.6 Å². The van der Waals surface area contributed by atoms with Gasteiger partial charge in [0, 0.05) is 49.0 Å². The molecule has 6 heterocycles. The van der Waals surface area contributed by atoms with Gasteiger partial charge in [-0.15, -0.1) is 5.10 Å². The highest BCUT2D eigenvalue weighted by Gasteiger charge is 2.35. The molecule has 4 aromatic heterocycles. The van der Waals surface area contributed by atoms with E-state index in [-0.39, 0.29) is 52.0 Å². The number of fused-ring (bicyclic) bond motifs is 7. The molecule has 1 saturated heterocycles. The van der Waals surface area contributed by atoms with Gasteiger partial charge in [0.25, 0.3) is 0 Å². The number of anilines is 1. The molecule has 2 aliphatic heterocycles. The van der Waals surface area contributed by atoms with Crippen molar-refractivity contribution in [2.75, 3.05) is 18.0 Å². The van der Waals surface area contributed by atoms with Crippen LogP contribution in [0.3, 0.4) is 0 Å². The molecule has 0 saturated carbocycles. The van der Waals surface area contributed by atoms with E-state index in [4.69, 9.17) is 4.98 Å². The highest BCUT2D eigenvalue weighted by atomic mass is 19.1. The Bertz CT molecular complexity index is 2140. The standard InChI is InChI=1S/C34H33F2N9O2/c1-6-27(46)42-16-20(5)43(17-19(42)4)32-23-14-25(36)30-28-21(8-7-9-24(28)35)11-13-44-26(15-38-41-44)22-10-12-37-29(18(2)3)31(22)45(33(23)39-30)34(47)40-32/h6-10,12,14-15,18-20H,1,11,13,16-17H2,2-5H3/t19-,20+/m1/s1. The fraction of sp³-hybridized carbons (Fsp3) is 0.324. The van der Waals surface area contributed by atoms with E-state index >= 15 is 8.78 Å². The molecule has 2 aliphatic rings. The third-order valence-corrected chi connectivity index (χ3v) is 9.06. The Labute approximate surface area is 269 Å². The van der Waals surface area contributed by atoms with Crippen LogP contribution in [-0.4, -0.2) is 70.5 Å². The van der Waals surface area contributed by atoms with E-state index in [1.807, 2.05) is 32.6 Å². The van der Waals surface area contributed by atoms with Crippen molar-refractivity contribution in [1.82, 2.24) is 39.4 Å². The van der Waals surface area contributed by atoms with E-state index in [0.29, 0.717) is 54.3 Å². The van der Waals surface area contributed by atoms with Gasteiger partial charge in [-0.1, -0.05) is 37.8 Å². The first-order chi connectivity index (χ1) is 22.6. The molecular formula is C34H33F2N9O2. The Morgan fingerprint density at radius 3 is 2.66 bits per heavy atom. The van der Waals surface area contributed by atoms with Crippen molar-refractivity contribution in [1.29, 1.82) is 0 Å². The molecule has 11 nitrogen and oxygen atoms in total. The van der Waals surface area contributed by atoms with Crippen LogP contribution in [0.25, 0.3) is 39.2 Å². The zero-order valence-corrected chi connectivity index (χ0v) is 26.5. The number of pyridine rings is 2. The van der Waals surface area contributed by atoms with Gasteiger partial charge in [-0.25, -0.2) is 27.8 Å². The largest absolute Gasteiger partial charge is 0.355 e. The number of carbonyl (C=O) groups excluding carboxylic acids is 1. The minimum atomic E-state index is -0.757. The zero-order chi connectivity index (χ0) is 33.1. The van der Waals surface area contributed by atoms with Crippen molar-refractivity contribution in [3.8, 4) is 28.2 Å². The zero-order valence-electron chi connectivity index (χ0n) is 26.5. The summed E-state index contributed by atoms with van der Waals surface area (Å²) < 4.78 is 35.1. The fourth-order valence-corrected chi connectivity index (χ4v) is 6.78. The second-order valence-corrected chi connectivity index (χ2v) is 12.4. The first kappa shape index (κ1) is 30.3. The van der Waals surface area contributed by atoms with Gasteiger partial charge in [0.15, 0.2) is 5.65 Å². The molecule has 13 heteroatoms. The molecular weight excluding hydrogens is 604 g/mol. The molecule has 0 unspecified atom stereocenters. The van der Waals surface area contributed by atoms with Crippen LogP contribution in [0.2, 0.25) is 0 Å². The summed E-state index contributed by atoms with van der Waals surface area (Å²) >= 11 is 0. The Morgan fingerprint density at radius 1 is 1.09 bits per heavy atom. The van der Waals surface area contributed by atoms with Crippen molar-refractivity contribution in [2.24, 2.45) is 0 Å². The molecule has 0 aliphatic carbocycles. The molecule has 0 N–H and O–H groups in total. The van der Waals surface area contributed by atoms with Crippen LogP contribution in [0.1, 0.15) is 44.9 Å². The number of amides is 1. The summed E-state index contributed by atoms with van der Waals surface area (Å²) in [5.41, 5.74) is 2.02. The highest BCUT2D eigenvalue weighted by molar-refractivity contribution is 5.92. The Kier molecular flexibility index (Phi) is 7.41. The summed E-state index contributed by atoms with van der Waals surface area (Å²) in [6, 6.07) is 7.11. The number of aryl methyl sites for hydroxylation is 2. The lowest BCUT2D eigenvalue weighted by molar-refractivity contribution is -0.128. The minimum Gasteiger partial charge on any atom is -0.349 e. The van der Waals surface area contributed by atoms with Crippen LogP contribution in [0, 0.1) is 11.6 Å². The van der Waals surface area contributed by atoms with Crippen molar-refractivity contribution in [3.05, 3.63) is 88.8 Å². The van der Waals surface area contributed by atoms with Crippen LogP contribution in [0.15, 0.2) is 60.2 Å². The fourth-order valence-electron chi connectivity index (χ4n) is 6.78. The number of piperazine rings is 1. The maximum absolute atomic E-state index is 16.4. The van der Waals surface area contributed by atoms with E-state index in [2.05, 4.69) is 26.9 Å². The predicted octanol–water partition coefficient (Wildman–Crippen LogP) is 4.67. The van der Waals surface area contributed by atoms with E-state index < -0.39 is 17.3 Å². The maximum atomic E-state index is 16.4. The summed E-state index contributed by atoms with van der Waals surface area (Å²) in [6.07, 6.45) is 4.88. The number of carbonyl (C=O) groups is 1. The molecule has 2 atom stereocenters. The average molecular weight is 638 g/mol. The summed E-state index contributed by atoms with van der Waals surface area (Å²) in [7, 11) is 0. The van der Waals surface area contributed by atoms with Crippen LogP contribution >= 0.6 is 0 Å². The number of hydrogen-bond acceptors (Lipinski definition) is 8. The van der Waals surface area contributed by atoms with Crippen molar-refractivity contribution < 1.29 is 13.6 Å². The molecule has 1 aromatic carbocycles. The molecule has 0 spiro atoms. The lowest BCUT2D eigenvalue weighted by Gasteiger charge is -2.44. The number of benzene rings is 1. The van der Waals surface area contributed by atoms with Gasteiger partial charge in [0.2, 0.25) is 5.91 Å². The quantitative estimate of drug-likeness (QED) is 0.262. The van der Waals surface area contributed by atoms with Crippen LogP contribution in [-0.2, 0) is 17.8 Å². The van der Waals surface area contributed by atoms with Gasteiger partial charge in [-0.3, -0.25) is 9.78 Å². The van der Waals surface area contributed by atoms with Crippen molar-refractivity contribution in [3.63, 3.8) is 0 Å². The number of rotatable bonds is 3. The van der Waals surface area contributed by atoms with Crippen LogP contribution in [0.5, 0.6) is 0 Å². The van der Waals surface area contributed by atoms with Gasteiger partial charge in [-0.2, -0.15) is 4.98 Å². The molecule has 2 bridgehead atoms. The number of nitrogens with zero attached hydrogens (tertiary/aromatic N) is 9. The summed E-state index contributed by atoms with van der Waals surface area (Å²) in [6.45, 7) is 12.3. The second-order valence-electron chi connectivity index (χ2n) is 12.4. The molecule has 5 aromatic rings. The molecule has 1 fully saturated rings. The van der Waals surface area contributed by atoms with E-state index in [0.717, 1.165) is 0 Å². The topological polar surface area (TPSA) is 115 Å². The number of halogens is 2. The Morgan fingerprint density at radius 2 is 1.89 bits per heavy atom. The highest BCUT2D eigenvalue weighted by Crippen LogP contribution is 2.38. The third-order valence-electron chi connectivity index (χ3n) is 9.06. The summed E-state index contributed by atoms with van der Waals surface area (Å²) in [4.78, 5) is 44.6. The van der Waals surface area contributed by atoms with Crippen LogP contribution < -0.4 is 10.6 Å². The molecule has 1 amide bonds. The second kappa shape index (κ2) is 11.5. The lowest BCUT2D eigenvalue weighted by Crippen LogP contribution is -2.58. The van der Waals surface area contributed by atoms with Gasteiger partial charge >= 0.3 is 5.69 Å². The average Bonchev–Trinajstić information content (AvgIpc) is 3.52. The van der Waals surface area contributed by atoms with Gasteiger partial charge in [-0.05, 0) is 56.0 Å². The third kappa shape index (κ3) is 4.88. The van der Waals surface area contributed by atoms with Gasteiger partial charge in [0.1, 0.15) is 23.1 Å². The number of aromatic nitrogens is 7. The van der Waals surface area contributed by atoms with Gasteiger partial charge in [0.05, 0.1) is 28.7 Å². The molecule has 0 radical (unpaired) electrons. The predicted molar refractivity (Wildman–Crippen MR) is 173 cm³/mol. The maximum Gasteiger partial charge on any atom is 0.355 e. The molecule has 47 heavy (non-hydrogen) atoms. The van der Waals surface area contributed by atoms with E-state index in [9.17, 15) is 9.59 Å². The summed E-state index contributed by atoms with van der Waals surface area (Å²) in [5, 5.41) is 8.74.